The highest BCUT2D eigenvalue weighted by Crippen LogP contribution is 2.17. The number of hydrogen-bond acceptors (Lipinski definition) is 4. The highest BCUT2D eigenvalue weighted by molar-refractivity contribution is 5.97. The van der Waals surface area contributed by atoms with Crippen LogP contribution in [0.15, 0.2) is 48.5 Å². The van der Waals surface area contributed by atoms with E-state index in [0.29, 0.717) is 11.1 Å². The molecule has 5 heteroatoms. The average molecular weight is 322 g/mol. The molecule has 0 heterocycles. The first-order valence-electron chi connectivity index (χ1n) is 7.46. The van der Waals surface area contributed by atoms with Gasteiger partial charge in [0, 0.05) is 5.56 Å². The molecule has 1 N–H and O–H groups in total. The largest absolute Gasteiger partial charge is 0.467 e. The molecule has 0 aliphatic heterocycles. The summed E-state index contributed by atoms with van der Waals surface area (Å²) in [4.78, 5) is 24.5. The fourth-order valence-electron chi connectivity index (χ4n) is 2.28. The molecule has 0 saturated heterocycles. The Morgan fingerprint density at radius 1 is 1.21 bits per heavy atom. The maximum absolute atomic E-state index is 12.5. The SMILES string of the molecule is COC(=O)C(NC(=O)c1cccc(CC#N)c1)c1ccc(C)cc1. The number of amides is 1. The maximum Gasteiger partial charge on any atom is 0.333 e. The van der Waals surface area contributed by atoms with E-state index in [1.54, 1.807) is 36.4 Å². The summed E-state index contributed by atoms with van der Waals surface area (Å²) in [6, 6.07) is 15.2. The molecule has 0 radical (unpaired) electrons. The smallest absolute Gasteiger partial charge is 0.333 e. The molecule has 0 aliphatic rings. The summed E-state index contributed by atoms with van der Waals surface area (Å²) >= 11 is 0. The first-order chi connectivity index (χ1) is 11.5. The fraction of sp³-hybridized carbons (Fsp3) is 0.211. The first kappa shape index (κ1) is 17.2. The standard InChI is InChI=1S/C19H18N2O3/c1-13-6-8-15(9-7-13)17(19(23)24-2)21-18(22)16-5-3-4-14(12-16)10-11-20/h3-9,12,17H,10H2,1-2H3,(H,21,22). The Bertz CT molecular complexity index is 776. The minimum Gasteiger partial charge on any atom is -0.467 e. The summed E-state index contributed by atoms with van der Waals surface area (Å²) in [6.45, 7) is 1.94. The van der Waals surface area contributed by atoms with E-state index >= 15 is 0 Å². The molecule has 0 saturated carbocycles. The first-order valence-corrected chi connectivity index (χ1v) is 7.46. The topological polar surface area (TPSA) is 79.2 Å². The van der Waals surface area contributed by atoms with Crippen LogP contribution in [0.2, 0.25) is 0 Å². The van der Waals surface area contributed by atoms with E-state index in [9.17, 15) is 9.59 Å². The number of esters is 1. The van der Waals surface area contributed by atoms with Gasteiger partial charge in [-0.05, 0) is 30.2 Å². The fourth-order valence-corrected chi connectivity index (χ4v) is 2.28. The molecule has 0 bridgehead atoms. The van der Waals surface area contributed by atoms with Gasteiger partial charge in [-0.3, -0.25) is 4.79 Å². The van der Waals surface area contributed by atoms with E-state index in [1.165, 1.54) is 7.11 Å². The normalized spacial score (nSPS) is 11.2. The molecule has 122 valence electrons. The third kappa shape index (κ3) is 4.20. The molecule has 2 rings (SSSR count). The van der Waals surface area contributed by atoms with Gasteiger partial charge in [0.2, 0.25) is 0 Å². The number of ether oxygens (including phenoxy) is 1. The lowest BCUT2D eigenvalue weighted by atomic mass is 10.0. The summed E-state index contributed by atoms with van der Waals surface area (Å²) in [6.07, 6.45) is 0.222. The lowest BCUT2D eigenvalue weighted by molar-refractivity contribution is -0.143. The summed E-state index contributed by atoms with van der Waals surface area (Å²) in [5.74, 6) is -0.939. The van der Waals surface area contributed by atoms with Gasteiger partial charge in [0.1, 0.15) is 0 Å². The summed E-state index contributed by atoms with van der Waals surface area (Å²) in [5, 5.41) is 11.5. The van der Waals surface area contributed by atoms with E-state index < -0.39 is 17.9 Å². The highest BCUT2D eigenvalue weighted by Gasteiger charge is 2.24. The molecule has 0 aliphatic carbocycles. The predicted molar refractivity (Wildman–Crippen MR) is 89.2 cm³/mol. The van der Waals surface area contributed by atoms with Crippen LogP contribution in [0.1, 0.15) is 33.1 Å². The third-order valence-corrected chi connectivity index (χ3v) is 3.60. The van der Waals surface area contributed by atoms with Crippen LogP contribution in [-0.2, 0) is 16.0 Å². The van der Waals surface area contributed by atoms with Crippen molar-refractivity contribution < 1.29 is 14.3 Å². The molecule has 24 heavy (non-hydrogen) atoms. The van der Waals surface area contributed by atoms with Crippen molar-refractivity contribution in [3.05, 3.63) is 70.8 Å². The molecule has 1 atom stereocenters. The Balaban J connectivity index is 2.24. The van der Waals surface area contributed by atoms with Crippen molar-refractivity contribution in [2.75, 3.05) is 7.11 Å². The molecule has 0 fully saturated rings. The van der Waals surface area contributed by atoms with E-state index in [1.807, 2.05) is 25.1 Å². The van der Waals surface area contributed by atoms with Crippen molar-refractivity contribution in [3.8, 4) is 6.07 Å². The molecular weight excluding hydrogens is 304 g/mol. The Kier molecular flexibility index (Phi) is 5.69. The van der Waals surface area contributed by atoms with Crippen LogP contribution in [0.4, 0.5) is 0 Å². The van der Waals surface area contributed by atoms with Gasteiger partial charge >= 0.3 is 5.97 Å². The second-order valence-electron chi connectivity index (χ2n) is 5.38. The zero-order chi connectivity index (χ0) is 17.5. The van der Waals surface area contributed by atoms with Crippen molar-refractivity contribution in [2.24, 2.45) is 0 Å². The number of aryl methyl sites for hydroxylation is 1. The maximum atomic E-state index is 12.5. The lowest BCUT2D eigenvalue weighted by Crippen LogP contribution is -2.34. The molecular formula is C19H18N2O3. The Morgan fingerprint density at radius 2 is 1.92 bits per heavy atom. The quantitative estimate of drug-likeness (QED) is 0.858. The number of nitrogens with one attached hydrogen (secondary N) is 1. The van der Waals surface area contributed by atoms with E-state index in [-0.39, 0.29) is 6.42 Å². The van der Waals surface area contributed by atoms with Crippen molar-refractivity contribution in [2.45, 2.75) is 19.4 Å². The second kappa shape index (κ2) is 7.93. The summed E-state index contributed by atoms with van der Waals surface area (Å²) in [7, 11) is 1.28. The van der Waals surface area contributed by atoms with Gasteiger partial charge in [-0.2, -0.15) is 5.26 Å². The molecule has 0 aromatic heterocycles. The number of benzene rings is 2. The molecule has 1 amide bonds. The van der Waals surface area contributed by atoms with Crippen LogP contribution in [0, 0.1) is 18.3 Å². The van der Waals surface area contributed by atoms with Crippen LogP contribution in [0.5, 0.6) is 0 Å². The monoisotopic (exact) mass is 322 g/mol. The van der Waals surface area contributed by atoms with Crippen LogP contribution >= 0.6 is 0 Å². The predicted octanol–water partition coefficient (Wildman–Crippen LogP) is 2.71. The second-order valence-corrected chi connectivity index (χ2v) is 5.38. The zero-order valence-electron chi connectivity index (χ0n) is 13.6. The van der Waals surface area contributed by atoms with Crippen LogP contribution < -0.4 is 5.32 Å². The van der Waals surface area contributed by atoms with E-state index in [0.717, 1.165) is 11.1 Å². The number of methoxy groups -OCH3 is 1. The highest BCUT2D eigenvalue weighted by atomic mass is 16.5. The Hall–Kier alpha value is -3.13. The number of hydrogen-bond donors (Lipinski definition) is 1. The van der Waals surface area contributed by atoms with Gasteiger partial charge in [-0.1, -0.05) is 42.0 Å². The number of nitrogens with zero attached hydrogens (tertiary/aromatic N) is 1. The van der Waals surface area contributed by atoms with Crippen LogP contribution in [-0.4, -0.2) is 19.0 Å². The molecule has 2 aromatic carbocycles. The van der Waals surface area contributed by atoms with Gasteiger partial charge in [-0.25, -0.2) is 4.79 Å². The van der Waals surface area contributed by atoms with Crippen molar-refractivity contribution in [3.63, 3.8) is 0 Å². The Morgan fingerprint density at radius 3 is 2.54 bits per heavy atom. The average Bonchev–Trinajstić information content (AvgIpc) is 2.60. The molecule has 5 nitrogen and oxygen atoms in total. The lowest BCUT2D eigenvalue weighted by Gasteiger charge is -2.17. The minimum absolute atomic E-state index is 0.222. The van der Waals surface area contributed by atoms with E-state index in [4.69, 9.17) is 10.00 Å². The minimum atomic E-state index is -0.886. The third-order valence-electron chi connectivity index (χ3n) is 3.60. The number of rotatable bonds is 5. The number of nitriles is 1. The van der Waals surface area contributed by atoms with Crippen LogP contribution in [0.3, 0.4) is 0 Å². The van der Waals surface area contributed by atoms with Gasteiger partial charge in [0.25, 0.3) is 5.91 Å². The molecule has 2 aromatic rings. The number of carbonyl (C=O) groups is 2. The van der Waals surface area contributed by atoms with Gasteiger partial charge in [-0.15, -0.1) is 0 Å². The summed E-state index contributed by atoms with van der Waals surface area (Å²) in [5.41, 5.74) is 2.84. The van der Waals surface area contributed by atoms with Crippen LogP contribution in [0.25, 0.3) is 0 Å². The molecule has 0 spiro atoms. The zero-order valence-corrected chi connectivity index (χ0v) is 13.6. The van der Waals surface area contributed by atoms with Gasteiger partial charge in [0.15, 0.2) is 6.04 Å². The van der Waals surface area contributed by atoms with Gasteiger partial charge < -0.3 is 10.1 Å². The number of carbonyl (C=O) groups excluding carboxylic acids is 2. The summed E-state index contributed by atoms with van der Waals surface area (Å²) < 4.78 is 4.80. The Labute approximate surface area is 140 Å². The van der Waals surface area contributed by atoms with Crippen molar-refractivity contribution in [1.29, 1.82) is 5.26 Å². The van der Waals surface area contributed by atoms with E-state index in [2.05, 4.69) is 5.32 Å². The van der Waals surface area contributed by atoms with Crippen molar-refractivity contribution >= 4 is 11.9 Å². The molecule has 1 unspecified atom stereocenters. The van der Waals surface area contributed by atoms with Crippen molar-refractivity contribution in [1.82, 2.24) is 5.32 Å². The van der Waals surface area contributed by atoms with Gasteiger partial charge in [0.05, 0.1) is 19.6 Å².